The third-order valence-corrected chi connectivity index (χ3v) is 5.63. The summed E-state index contributed by atoms with van der Waals surface area (Å²) in [5, 5.41) is 2.65. The number of amides is 1. The van der Waals surface area contributed by atoms with Crippen molar-refractivity contribution in [2.24, 2.45) is 0 Å². The molecule has 0 fully saturated rings. The SMILES string of the molecule is CCNC(=O)CN(c1ccc(C(C)C)cc1)S(=O)(=O)c1ccccc1. The summed E-state index contributed by atoms with van der Waals surface area (Å²) >= 11 is 0. The van der Waals surface area contributed by atoms with Gasteiger partial charge in [-0.15, -0.1) is 0 Å². The van der Waals surface area contributed by atoms with Crippen molar-refractivity contribution >= 4 is 21.6 Å². The second kappa shape index (κ2) is 8.16. The lowest BCUT2D eigenvalue weighted by Crippen LogP contribution is -2.40. The smallest absolute Gasteiger partial charge is 0.264 e. The van der Waals surface area contributed by atoms with Crippen LogP contribution in [0.3, 0.4) is 0 Å². The maximum absolute atomic E-state index is 13.0. The van der Waals surface area contributed by atoms with Gasteiger partial charge in [-0.2, -0.15) is 0 Å². The molecule has 1 N–H and O–H groups in total. The molecule has 0 spiro atoms. The van der Waals surface area contributed by atoms with E-state index in [4.69, 9.17) is 0 Å². The van der Waals surface area contributed by atoms with Gasteiger partial charge in [-0.1, -0.05) is 44.2 Å². The van der Waals surface area contributed by atoms with Gasteiger partial charge in [0.1, 0.15) is 6.54 Å². The first-order valence-corrected chi connectivity index (χ1v) is 9.74. The Labute approximate surface area is 149 Å². The zero-order chi connectivity index (χ0) is 18.4. The molecule has 134 valence electrons. The van der Waals surface area contributed by atoms with Crippen LogP contribution in [0.25, 0.3) is 0 Å². The van der Waals surface area contributed by atoms with Gasteiger partial charge in [0.2, 0.25) is 5.91 Å². The van der Waals surface area contributed by atoms with Crippen LogP contribution < -0.4 is 9.62 Å². The van der Waals surface area contributed by atoms with Crippen molar-refractivity contribution in [1.82, 2.24) is 5.32 Å². The number of nitrogens with one attached hydrogen (secondary N) is 1. The summed E-state index contributed by atoms with van der Waals surface area (Å²) in [7, 11) is -3.83. The van der Waals surface area contributed by atoms with Crippen LogP contribution in [-0.4, -0.2) is 27.4 Å². The first-order valence-electron chi connectivity index (χ1n) is 8.30. The summed E-state index contributed by atoms with van der Waals surface area (Å²) < 4.78 is 27.2. The number of sulfonamides is 1. The van der Waals surface area contributed by atoms with Crippen molar-refractivity contribution in [1.29, 1.82) is 0 Å². The van der Waals surface area contributed by atoms with Gasteiger partial charge >= 0.3 is 0 Å². The molecule has 5 nitrogen and oxygen atoms in total. The first kappa shape index (κ1) is 19.0. The molecule has 0 aliphatic carbocycles. The second-order valence-corrected chi connectivity index (χ2v) is 7.89. The van der Waals surface area contributed by atoms with E-state index in [1.54, 1.807) is 37.3 Å². The standard InChI is InChI=1S/C19H24N2O3S/c1-4-20-19(22)14-21(17-12-10-16(11-13-17)15(2)3)25(23,24)18-8-6-5-7-9-18/h5-13,15H,4,14H2,1-3H3,(H,20,22). The van der Waals surface area contributed by atoms with Crippen molar-refractivity contribution in [2.75, 3.05) is 17.4 Å². The summed E-state index contributed by atoms with van der Waals surface area (Å²) in [6.07, 6.45) is 0. The molecule has 0 radical (unpaired) electrons. The minimum Gasteiger partial charge on any atom is -0.355 e. The molecule has 0 atom stereocenters. The molecule has 25 heavy (non-hydrogen) atoms. The third-order valence-electron chi connectivity index (χ3n) is 3.84. The Morgan fingerprint density at radius 1 is 1.04 bits per heavy atom. The Kier molecular flexibility index (Phi) is 6.20. The lowest BCUT2D eigenvalue weighted by Gasteiger charge is -2.24. The minimum absolute atomic E-state index is 0.159. The number of carbonyl (C=O) groups excluding carboxylic acids is 1. The lowest BCUT2D eigenvalue weighted by atomic mass is 10.0. The number of likely N-dealkylation sites (N-methyl/N-ethyl adjacent to an activating group) is 1. The van der Waals surface area contributed by atoms with Crippen LogP contribution in [0, 0.1) is 0 Å². The highest BCUT2D eigenvalue weighted by molar-refractivity contribution is 7.92. The quantitative estimate of drug-likeness (QED) is 0.825. The van der Waals surface area contributed by atoms with Crippen molar-refractivity contribution in [3.05, 3.63) is 60.2 Å². The van der Waals surface area contributed by atoms with Crippen LogP contribution in [0.1, 0.15) is 32.3 Å². The van der Waals surface area contributed by atoms with E-state index in [0.29, 0.717) is 18.2 Å². The van der Waals surface area contributed by atoms with Crippen LogP contribution in [-0.2, 0) is 14.8 Å². The molecule has 0 saturated carbocycles. The molecular weight excluding hydrogens is 336 g/mol. The van der Waals surface area contributed by atoms with E-state index in [1.807, 2.05) is 12.1 Å². The first-order chi connectivity index (χ1) is 11.9. The number of hydrogen-bond acceptors (Lipinski definition) is 3. The Bertz CT molecular complexity index is 800. The fraction of sp³-hybridized carbons (Fsp3) is 0.316. The molecule has 0 unspecified atom stereocenters. The third kappa shape index (κ3) is 4.60. The molecule has 6 heteroatoms. The highest BCUT2D eigenvalue weighted by Gasteiger charge is 2.26. The van der Waals surface area contributed by atoms with Crippen molar-refractivity contribution in [2.45, 2.75) is 31.6 Å². The summed E-state index contributed by atoms with van der Waals surface area (Å²) in [4.78, 5) is 12.2. The number of rotatable bonds is 7. The number of anilines is 1. The maximum atomic E-state index is 13.0. The molecule has 0 aliphatic heterocycles. The Hall–Kier alpha value is -2.34. The summed E-state index contributed by atoms with van der Waals surface area (Å²) in [6.45, 7) is 6.13. The molecule has 0 aromatic heterocycles. The van der Waals surface area contributed by atoms with E-state index in [2.05, 4.69) is 19.2 Å². The van der Waals surface area contributed by atoms with Crippen molar-refractivity contribution in [3.8, 4) is 0 Å². The molecule has 0 heterocycles. The zero-order valence-electron chi connectivity index (χ0n) is 14.8. The molecule has 1 amide bonds. The predicted molar refractivity (Wildman–Crippen MR) is 100 cm³/mol. The Morgan fingerprint density at radius 3 is 2.16 bits per heavy atom. The van der Waals surface area contributed by atoms with Gasteiger partial charge in [0.15, 0.2) is 0 Å². The second-order valence-electron chi connectivity index (χ2n) is 6.02. The van der Waals surface area contributed by atoms with Crippen LogP contribution >= 0.6 is 0 Å². The topological polar surface area (TPSA) is 66.5 Å². The van der Waals surface area contributed by atoms with Crippen molar-refractivity contribution in [3.63, 3.8) is 0 Å². The summed E-state index contributed by atoms with van der Waals surface area (Å²) in [5.74, 6) is 0.00608. The summed E-state index contributed by atoms with van der Waals surface area (Å²) in [5.41, 5.74) is 1.58. The average molecular weight is 360 g/mol. The molecule has 2 aromatic rings. The van der Waals surface area contributed by atoms with E-state index in [-0.39, 0.29) is 17.3 Å². The van der Waals surface area contributed by atoms with Gasteiger partial charge in [-0.3, -0.25) is 9.10 Å². The van der Waals surface area contributed by atoms with Crippen LogP contribution in [0.15, 0.2) is 59.5 Å². The highest BCUT2D eigenvalue weighted by Crippen LogP contribution is 2.25. The number of benzene rings is 2. The molecule has 0 aliphatic rings. The lowest BCUT2D eigenvalue weighted by molar-refractivity contribution is -0.119. The average Bonchev–Trinajstić information content (AvgIpc) is 2.60. The Morgan fingerprint density at radius 2 is 1.64 bits per heavy atom. The van der Waals surface area contributed by atoms with Gasteiger partial charge in [0, 0.05) is 6.54 Å². The van der Waals surface area contributed by atoms with Gasteiger partial charge in [0.25, 0.3) is 10.0 Å². The van der Waals surface area contributed by atoms with Crippen molar-refractivity contribution < 1.29 is 13.2 Å². The van der Waals surface area contributed by atoms with Crippen LogP contribution in [0.5, 0.6) is 0 Å². The van der Waals surface area contributed by atoms with E-state index < -0.39 is 10.0 Å². The fourth-order valence-corrected chi connectivity index (χ4v) is 3.89. The molecule has 0 bridgehead atoms. The zero-order valence-corrected chi connectivity index (χ0v) is 15.6. The molecular formula is C19H24N2O3S. The monoisotopic (exact) mass is 360 g/mol. The molecule has 2 rings (SSSR count). The van der Waals surface area contributed by atoms with Crippen LogP contribution in [0.2, 0.25) is 0 Å². The number of carbonyl (C=O) groups is 1. The van der Waals surface area contributed by atoms with E-state index in [0.717, 1.165) is 9.87 Å². The van der Waals surface area contributed by atoms with E-state index in [9.17, 15) is 13.2 Å². The predicted octanol–water partition coefficient (Wildman–Crippen LogP) is 3.14. The van der Waals surface area contributed by atoms with Crippen LogP contribution in [0.4, 0.5) is 5.69 Å². The van der Waals surface area contributed by atoms with Gasteiger partial charge in [-0.05, 0) is 42.7 Å². The van der Waals surface area contributed by atoms with Gasteiger partial charge in [0.05, 0.1) is 10.6 Å². The number of hydrogen-bond donors (Lipinski definition) is 1. The van der Waals surface area contributed by atoms with Gasteiger partial charge in [-0.25, -0.2) is 8.42 Å². The Balaban J connectivity index is 2.44. The maximum Gasteiger partial charge on any atom is 0.264 e. The molecule has 0 saturated heterocycles. The molecule has 2 aromatic carbocycles. The minimum atomic E-state index is -3.83. The largest absolute Gasteiger partial charge is 0.355 e. The highest BCUT2D eigenvalue weighted by atomic mass is 32.2. The number of nitrogens with zero attached hydrogens (tertiary/aromatic N) is 1. The van der Waals surface area contributed by atoms with E-state index in [1.165, 1.54) is 12.1 Å². The fourth-order valence-electron chi connectivity index (χ4n) is 2.44. The summed E-state index contributed by atoms with van der Waals surface area (Å²) in [6, 6.07) is 15.4. The normalized spacial score (nSPS) is 11.4. The van der Waals surface area contributed by atoms with Gasteiger partial charge < -0.3 is 5.32 Å². The van der Waals surface area contributed by atoms with E-state index >= 15 is 0 Å².